The fourth-order valence-corrected chi connectivity index (χ4v) is 1.66. The number of hydrogen-bond acceptors (Lipinski definition) is 3. The van der Waals surface area contributed by atoms with Crippen molar-refractivity contribution in [2.45, 2.75) is 19.8 Å². The van der Waals surface area contributed by atoms with Crippen LogP contribution >= 0.6 is 0 Å². The minimum absolute atomic E-state index is 0.596. The lowest BCUT2D eigenvalue weighted by atomic mass is 10.1. The van der Waals surface area contributed by atoms with Crippen LogP contribution in [0.2, 0.25) is 0 Å². The Morgan fingerprint density at radius 3 is 2.88 bits per heavy atom. The van der Waals surface area contributed by atoms with Crippen molar-refractivity contribution >= 4 is 0 Å². The quantitative estimate of drug-likeness (QED) is 0.851. The zero-order chi connectivity index (χ0) is 11.4. The van der Waals surface area contributed by atoms with Crippen LogP contribution in [0, 0.1) is 6.92 Å². The first-order chi connectivity index (χ1) is 7.79. The zero-order valence-corrected chi connectivity index (χ0v) is 9.44. The standard InChI is InChI=1S/C13H16N2O/c1-10-4-2-3-5-11(10)8-13-15-9-12(16-13)6-7-14/h2-5,9H,6-8,14H2,1H3. The fraction of sp³-hybridized carbons (Fsp3) is 0.308. The van der Waals surface area contributed by atoms with E-state index in [1.165, 1.54) is 11.1 Å². The van der Waals surface area contributed by atoms with Crippen molar-refractivity contribution in [3.8, 4) is 0 Å². The third-order valence-corrected chi connectivity index (χ3v) is 2.60. The Morgan fingerprint density at radius 1 is 1.31 bits per heavy atom. The topological polar surface area (TPSA) is 52.0 Å². The predicted octanol–water partition coefficient (Wildman–Crippen LogP) is 2.08. The Hall–Kier alpha value is -1.61. The first kappa shape index (κ1) is 10.9. The summed E-state index contributed by atoms with van der Waals surface area (Å²) < 4.78 is 5.59. The van der Waals surface area contributed by atoms with E-state index in [4.69, 9.17) is 10.2 Å². The van der Waals surface area contributed by atoms with Gasteiger partial charge in [-0.25, -0.2) is 4.98 Å². The van der Waals surface area contributed by atoms with Crippen molar-refractivity contribution in [2.24, 2.45) is 5.73 Å². The molecule has 3 nitrogen and oxygen atoms in total. The van der Waals surface area contributed by atoms with E-state index < -0.39 is 0 Å². The van der Waals surface area contributed by atoms with Gasteiger partial charge in [-0.1, -0.05) is 24.3 Å². The van der Waals surface area contributed by atoms with Gasteiger partial charge in [0.05, 0.1) is 6.20 Å². The molecule has 0 saturated heterocycles. The van der Waals surface area contributed by atoms with Crippen molar-refractivity contribution in [1.29, 1.82) is 0 Å². The molecule has 0 spiro atoms. The highest BCUT2D eigenvalue weighted by molar-refractivity contribution is 5.27. The molecule has 16 heavy (non-hydrogen) atoms. The molecular weight excluding hydrogens is 200 g/mol. The summed E-state index contributed by atoms with van der Waals surface area (Å²) in [5.41, 5.74) is 7.98. The van der Waals surface area contributed by atoms with Gasteiger partial charge in [-0.15, -0.1) is 0 Å². The van der Waals surface area contributed by atoms with Gasteiger partial charge in [0.25, 0.3) is 0 Å². The number of nitrogens with zero attached hydrogens (tertiary/aromatic N) is 1. The van der Waals surface area contributed by atoms with E-state index in [1.807, 2.05) is 12.1 Å². The van der Waals surface area contributed by atoms with Crippen LogP contribution in [0.25, 0.3) is 0 Å². The average Bonchev–Trinajstić information content (AvgIpc) is 2.70. The van der Waals surface area contributed by atoms with Crippen LogP contribution in [0.5, 0.6) is 0 Å². The molecule has 1 heterocycles. The molecule has 2 rings (SSSR count). The Kier molecular flexibility index (Phi) is 3.37. The van der Waals surface area contributed by atoms with Crippen LogP contribution in [0.1, 0.15) is 22.8 Å². The molecule has 3 heteroatoms. The van der Waals surface area contributed by atoms with Gasteiger partial charge in [-0.2, -0.15) is 0 Å². The maximum atomic E-state index is 5.59. The number of aromatic nitrogens is 1. The third-order valence-electron chi connectivity index (χ3n) is 2.60. The van der Waals surface area contributed by atoms with E-state index in [0.29, 0.717) is 6.54 Å². The molecule has 1 aromatic heterocycles. The summed E-state index contributed by atoms with van der Waals surface area (Å²) in [5, 5.41) is 0. The largest absolute Gasteiger partial charge is 0.445 e. The van der Waals surface area contributed by atoms with Gasteiger partial charge in [0.15, 0.2) is 5.89 Å². The van der Waals surface area contributed by atoms with E-state index in [-0.39, 0.29) is 0 Å². The molecule has 0 saturated carbocycles. The second kappa shape index (κ2) is 4.94. The number of nitrogens with two attached hydrogens (primary N) is 1. The third kappa shape index (κ3) is 2.49. The summed E-state index contributed by atoms with van der Waals surface area (Å²) in [6.07, 6.45) is 3.26. The normalized spacial score (nSPS) is 10.6. The highest BCUT2D eigenvalue weighted by Gasteiger charge is 2.05. The van der Waals surface area contributed by atoms with E-state index >= 15 is 0 Å². The van der Waals surface area contributed by atoms with Crippen molar-refractivity contribution in [3.05, 3.63) is 53.2 Å². The summed E-state index contributed by atoms with van der Waals surface area (Å²) in [6, 6.07) is 8.27. The van der Waals surface area contributed by atoms with Gasteiger partial charge in [-0.05, 0) is 24.6 Å². The average molecular weight is 216 g/mol. The number of aryl methyl sites for hydroxylation is 1. The van der Waals surface area contributed by atoms with Crippen LogP contribution in [0.3, 0.4) is 0 Å². The molecule has 2 N–H and O–H groups in total. The van der Waals surface area contributed by atoms with Gasteiger partial charge in [0.1, 0.15) is 5.76 Å². The molecule has 0 radical (unpaired) electrons. The van der Waals surface area contributed by atoms with Gasteiger partial charge < -0.3 is 10.2 Å². The lowest BCUT2D eigenvalue weighted by molar-refractivity contribution is 0.464. The second-order valence-corrected chi connectivity index (χ2v) is 3.86. The maximum absolute atomic E-state index is 5.59. The number of hydrogen-bond donors (Lipinski definition) is 1. The van der Waals surface area contributed by atoms with Gasteiger partial charge in [0.2, 0.25) is 0 Å². The van der Waals surface area contributed by atoms with Crippen molar-refractivity contribution in [3.63, 3.8) is 0 Å². The first-order valence-electron chi connectivity index (χ1n) is 5.47. The molecule has 1 aromatic carbocycles. The summed E-state index contributed by atoms with van der Waals surface area (Å²) in [6.45, 7) is 2.69. The van der Waals surface area contributed by atoms with Crippen molar-refractivity contribution in [1.82, 2.24) is 4.98 Å². The van der Waals surface area contributed by atoms with E-state index in [9.17, 15) is 0 Å². The van der Waals surface area contributed by atoms with Crippen molar-refractivity contribution in [2.75, 3.05) is 6.54 Å². The predicted molar refractivity (Wildman–Crippen MR) is 63.2 cm³/mol. The maximum Gasteiger partial charge on any atom is 0.198 e. The minimum atomic E-state index is 0.596. The monoisotopic (exact) mass is 216 g/mol. The van der Waals surface area contributed by atoms with Crippen LogP contribution in [-0.2, 0) is 12.8 Å². The number of benzene rings is 1. The van der Waals surface area contributed by atoms with Crippen LogP contribution in [0.4, 0.5) is 0 Å². The molecule has 2 aromatic rings. The molecule has 0 bridgehead atoms. The molecule has 0 aliphatic rings. The SMILES string of the molecule is Cc1ccccc1Cc1ncc(CCN)o1. The van der Waals surface area contributed by atoms with Crippen molar-refractivity contribution < 1.29 is 4.42 Å². The van der Waals surface area contributed by atoms with E-state index in [2.05, 4.69) is 24.0 Å². The Labute approximate surface area is 95.3 Å². The first-order valence-corrected chi connectivity index (χ1v) is 5.47. The van der Waals surface area contributed by atoms with Crippen LogP contribution < -0.4 is 5.73 Å². The molecule has 0 amide bonds. The van der Waals surface area contributed by atoms with Crippen LogP contribution in [-0.4, -0.2) is 11.5 Å². The second-order valence-electron chi connectivity index (χ2n) is 3.86. The fourth-order valence-electron chi connectivity index (χ4n) is 1.66. The molecule has 0 aliphatic carbocycles. The lowest BCUT2D eigenvalue weighted by Crippen LogP contribution is -2.01. The molecule has 0 fully saturated rings. The van der Waals surface area contributed by atoms with Gasteiger partial charge in [-0.3, -0.25) is 0 Å². The lowest BCUT2D eigenvalue weighted by Gasteiger charge is -2.01. The number of rotatable bonds is 4. The Bertz CT molecular complexity index is 462. The zero-order valence-electron chi connectivity index (χ0n) is 9.44. The highest BCUT2D eigenvalue weighted by Crippen LogP contribution is 2.13. The summed E-state index contributed by atoms with van der Waals surface area (Å²) in [7, 11) is 0. The summed E-state index contributed by atoms with van der Waals surface area (Å²) in [5.74, 6) is 1.63. The molecular formula is C13H16N2O. The minimum Gasteiger partial charge on any atom is -0.445 e. The number of oxazole rings is 1. The Morgan fingerprint density at radius 2 is 2.12 bits per heavy atom. The molecule has 0 atom stereocenters. The van der Waals surface area contributed by atoms with Gasteiger partial charge >= 0.3 is 0 Å². The Balaban J connectivity index is 2.11. The smallest absolute Gasteiger partial charge is 0.198 e. The van der Waals surface area contributed by atoms with E-state index in [1.54, 1.807) is 6.20 Å². The molecule has 0 unspecified atom stereocenters. The summed E-state index contributed by atoms with van der Waals surface area (Å²) in [4.78, 5) is 4.25. The molecule has 84 valence electrons. The highest BCUT2D eigenvalue weighted by atomic mass is 16.4. The van der Waals surface area contributed by atoms with E-state index in [0.717, 1.165) is 24.5 Å². The summed E-state index contributed by atoms with van der Waals surface area (Å²) >= 11 is 0. The molecule has 0 aliphatic heterocycles. The van der Waals surface area contributed by atoms with Gasteiger partial charge in [0, 0.05) is 12.8 Å². The van der Waals surface area contributed by atoms with Crippen LogP contribution in [0.15, 0.2) is 34.9 Å².